The molecule has 0 spiro atoms. The lowest BCUT2D eigenvalue weighted by molar-refractivity contribution is -0.120. The Bertz CT molecular complexity index is 1100. The van der Waals surface area contributed by atoms with Crippen LogP contribution in [-0.2, 0) is 16.6 Å². The summed E-state index contributed by atoms with van der Waals surface area (Å²) in [5.74, 6) is -0.383. The molecule has 7 nitrogen and oxygen atoms in total. The monoisotopic (exact) mass is 458 g/mol. The molecule has 1 unspecified atom stereocenters. The van der Waals surface area contributed by atoms with Gasteiger partial charge in [-0.3, -0.25) is 9.78 Å². The molecule has 1 saturated heterocycles. The van der Waals surface area contributed by atoms with Gasteiger partial charge >= 0.3 is 0 Å². The molecule has 2 fully saturated rings. The van der Waals surface area contributed by atoms with Gasteiger partial charge in [0.25, 0.3) is 0 Å². The van der Waals surface area contributed by atoms with Crippen LogP contribution < -0.4 is 21.7 Å². The van der Waals surface area contributed by atoms with Crippen LogP contribution in [0.5, 0.6) is 0 Å². The van der Waals surface area contributed by atoms with E-state index in [-0.39, 0.29) is 5.91 Å². The quantitative estimate of drug-likeness (QED) is 0.486. The number of aliphatic imine (C=N–C) groups is 1. The van der Waals surface area contributed by atoms with Gasteiger partial charge in [0.05, 0.1) is 17.3 Å². The van der Waals surface area contributed by atoms with Gasteiger partial charge in [-0.25, -0.2) is 4.99 Å². The number of rotatable bonds is 8. The van der Waals surface area contributed by atoms with Crippen molar-refractivity contribution in [3.05, 3.63) is 71.2 Å². The van der Waals surface area contributed by atoms with Crippen LogP contribution in [0.15, 0.2) is 59.4 Å². The minimum Gasteiger partial charge on any atom is -0.369 e. The molecule has 178 valence electrons. The van der Waals surface area contributed by atoms with Gasteiger partial charge in [-0.1, -0.05) is 24.3 Å². The molecular formula is C27H34N6O. The van der Waals surface area contributed by atoms with E-state index in [1.165, 1.54) is 0 Å². The lowest BCUT2D eigenvalue weighted by Gasteiger charge is -2.35. The van der Waals surface area contributed by atoms with Gasteiger partial charge in [-0.2, -0.15) is 0 Å². The average Bonchev–Trinajstić information content (AvgIpc) is 3.68. The highest BCUT2D eigenvalue weighted by molar-refractivity contribution is 5.90. The second-order valence-electron chi connectivity index (χ2n) is 9.88. The van der Waals surface area contributed by atoms with Gasteiger partial charge in [-0.15, -0.1) is 0 Å². The second kappa shape index (κ2) is 9.22. The van der Waals surface area contributed by atoms with Crippen LogP contribution >= 0.6 is 0 Å². The number of pyridine rings is 1. The lowest BCUT2D eigenvalue weighted by Crippen LogP contribution is -2.50. The van der Waals surface area contributed by atoms with Crippen LogP contribution in [0.25, 0.3) is 0 Å². The molecule has 1 aromatic carbocycles. The van der Waals surface area contributed by atoms with Gasteiger partial charge in [-0.05, 0) is 81.0 Å². The number of primary amides is 1. The van der Waals surface area contributed by atoms with E-state index < -0.39 is 11.2 Å². The number of carbonyl (C=O) groups is 1. The van der Waals surface area contributed by atoms with E-state index in [0.29, 0.717) is 12.3 Å². The average molecular weight is 459 g/mol. The van der Waals surface area contributed by atoms with Crippen molar-refractivity contribution in [1.82, 2.24) is 15.6 Å². The van der Waals surface area contributed by atoms with Crippen molar-refractivity contribution in [3.8, 4) is 0 Å². The maximum absolute atomic E-state index is 12.2. The van der Waals surface area contributed by atoms with Crippen molar-refractivity contribution < 1.29 is 4.79 Å². The highest BCUT2D eigenvalue weighted by atomic mass is 16.1. The summed E-state index contributed by atoms with van der Waals surface area (Å²) >= 11 is 0. The molecular weight excluding hydrogens is 424 g/mol. The summed E-state index contributed by atoms with van der Waals surface area (Å²) in [5.41, 5.74) is 10.7. The molecule has 34 heavy (non-hydrogen) atoms. The third kappa shape index (κ3) is 4.57. The predicted octanol–water partition coefficient (Wildman–Crippen LogP) is 3.34. The summed E-state index contributed by atoms with van der Waals surface area (Å²) in [7, 11) is 0. The number of amides is 1. The van der Waals surface area contributed by atoms with Crippen molar-refractivity contribution in [2.45, 2.75) is 62.6 Å². The first-order valence-corrected chi connectivity index (χ1v) is 12.3. The second-order valence-corrected chi connectivity index (χ2v) is 9.88. The molecule has 1 saturated carbocycles. The van der Waals surface area contributed by atoms with Crippen LogP contribution in [-0.4, -0.2) is 36.0 Å². The van der Waals surface area contributed by atoms with E-state index in [1.54, 1.807) is 0 Å². The molecule has 1 aromatic heterocycles. The van der Waals surface area contributed by atoms with Gasteiger partial charge in [0, 0.05) is 30.4 Å². The summed E-state index contributed by atoms with van der Waals surface area (Å²) in [4.78, 5) is 21.8. The molecule has 2 aliphatic heterocycles. The van der Waals surface area contributed by atoms with Crippen molar-refractivity contribution >= 4 is 17.8 Å². The smallest absolute Gasteiger partial charge is 0.228 e. The minimum atomic E-state index is -0.686. The fourth-order valence-electron chi connectivity index (χ4n) is 5.16. The van der Waals surface area contributed by atoms with Crippen LogP contribution in [0.4, 0.5) is 5.69 Å². The highest BCUT2D eigenvalue weighted by Crippen LogP contribution is 2.49. The number of piperidine rings is 1. The molecule has 0 bridgehead atoms. The number of aryl methyl sites for hydroxylation is 1. The summed E-state index contributed by atoms with van der Waals surface area (Å²) in [6, 6.07) is 12.4. The number of aromatic nitrogens is 1. The molecule has 1 atom stereocenters. The van der Waals surface area contributed by atoms with Crippen molar-refractivity contribution in [2.24, 2.45) is 10.7 Å². The Kier molecular flexibility index (Phi) is 6.13. The standard InChI is InChI=1S/C27H34N6O/c1-19-16-31-27(32-17-19,33-22-6-7-24(30-18-22)21-9-14-29-15-10-21)11-8-20-4-2-3-5-23(20)26(12-13-26)25(28)34/h2-7,16-18,21,29,31,33H,8-15H2,1H3,(H2,28,34). The van der Waals surface area contributed by atoms with Gasteiger partial charge < -0.3 is 21.7 Å². The molecule has 3 aliphatic rings. The Hall–Kier alpha value is -3.19. The molecule has 1 amide bonds. The maximum Gasteiger partial charge on any atom is 0.228 e. The van der Waals surface area contributed by atoms with E-state index in [1.807, 2.05) is 37.7 Å². The first-order chi connectivity index (χ1) is 16.5. The first-order valence-electron chi connectivity index (χ1n) is 12.3. The maximum atomic E-state index is 12.2. The summed E-state index contributed by atoms with van der Waals surface area (Å²) in [5, 5.41) is 10.5. The van der Waals surface area contributed by atoms with E-state index in [9.17, 15) is 4.79 Å². The third-order valence-electron chi connectivity index (χ3n) is 7.43. The molecule has 5 N–H and O–H groups in total. The summed E-state index contributed by atoms with van der Waals surface area (Å²) in [6.07, 6.45) is 11.2. The number of nitrogens with one attached hydrogen (secondary N) is 3. The van der Waals surface area contributed by atoms with Crippen LogP contribution in [0.1, 0.15) is 61.8 Å². The van der Waals surface area contributed by atoms with Crippen molar-refractivity contribution in [2.75, 3.05) is 18.4 Å². The highest BCUT2D eigenvalue weighted by Gasteiger charge is 2.51. The minimum absolute atomic E-state index is 0.222. The number of nitrogens with two attached hydrogens (primary N) is 1. The Morgan fingerprint density at radius 1 is 1.18 bits per heavy atom. The number of hydrogen-bond acceptors (Lipinski definition) is 6. The zero-order chi connectivity index (χ0) is 23.6. The summed E-state index contributed by atoms with van der Waals surface area (Å²) < 4.78 is 0. The zero-order valence-corrected chi connectivity index (χ0v) is 19.8. The van der Waals surface area contributed by atoms with Gasteiger partial charge in [0.2, 0.25) is 11.7 Å². The number of nitrogens with zero attached hydrogens (tertiary/aromatic N) is 2. The molecule has 7 heteroatoms. The Balaban J connectivity index is 1.34. The molecule has 1 aliphatic carbocycles. The largest absolute Gasteiger partial charge is 0.369 e. The molecule has 3 heterocycles. The Morgan fingerprint density at radius 3 is 2.62 bits per heavy atom. The van der Waals surface area contributed by atoms with E-state index >= 15 is 0 Å². The van der Waals surface area contributed by atoms with E-state index in [4.69, 9.17) is 15.7 Å². The van der Waals surface area contributed by atoms with Crippen LogP contribution in [0.3, 0.4) is 0 Å². The van der Waals surface area contributed by atoms with Gasteiger partial charge in [0.15, 0.2) is 0 Å². The van der Waals surface area contributed by atoms with Gasteiger partial charge in [0.1, 0.15) is 0 Å². The number of allylic oxidation sites excluding steroid dienone is 1. The molecule has 2 aromatic rings. The predicted molar refractivity (Wildman–Crippen MR) is 136 cm³/mol. The normalized spacial score (nSPS) is 23.6. The Labute approximate surface area is 201 Å². The molecule has 0 radical (unpaired) electrons. The molecule has 5 rings (SSSR count). The van der Waals surface area contributed by atoms with Crippen LogP contribution in [0, 0.1) is 0 Å². The fraction of sp³-hybridized carbons (Fsp3) is 0.444. The zero-order valence-electron chi connectivity index (χ0n) is 19.8. The third-order valence-corrected chi connectivity index (χ3v) is 7.43. The first kappa shape index (κ1) is 22.6. The van der Waals surface area contributed by atoms with E-state index in [0.717, 1.165) is 73.3 Å². The van der Waals surface area contributed by atoms with E-state index in [2.05, 4.69) is 40.2 Å². The lowest BCUT2D eigenvalue weighted by atomic mass is 9.88. The number of hydrogen-bond donors (Lipinski definition) is 4. The Morgan fingerprint density at radius 2 is 1.97 bits per heavy atom. The number of anilines is 1. The number of benzene rings is 1. The topological polar surface area (TPSA) is 104 Å². The number of carbonyl (C=O) groups excluding carboxylic acids is 1. The van der Waals surface area contributed by atoms with Crippen molar-refractivity contribution in [1.29, 1.82) is 0 Å². The fourth-order valence-corrected chi connectivity index (χ4v) is 5.16. The van der Waals surface area contributed by atoms with Crippen LogP contribution in [0.2, 0.25) is 0 Å². The SMILES string of the molecule is CC1=CNC(CCc2ccccc2C2(C(N)=O)CC2)(Nc2ccc(C3CCNCC3)nc2)N=C1. The van der Waals surface area contributed by atoms with Crippen molar-refractivity contribution in [3.63, 3.8) is 0 Å². The summed E-state index contributed by atoms with van der Waals surface area (Å²) in [6.45, 7) is 4.13.